The Labute approximate surface area is 143 Å². The van der Waals surface area contributed by atoms with E-state index in [-0.39, 0.29) is 35.4 Å². The van der Waals surface area contributed by atoms with Gasteiger partial charge in [-0.25, -0.2) is 8.42 Å². The van der Waals surface area contributed by atoms with Crippen molar-refractivity contribution in [3.8, 4) is 0 Å². The van der Waals surface area contributed by atoms with Crippen molar-refractivity contribution in [3.63, 3.8) is 0 Å². The third-order valence-electron chi connectivity index (χ3n) is 5.10. The number of piperidine rings is 1. The van der Waals surface area contributed by atoms with Gasteiger partial charge in [0.2, 0.25) is 15.9 Å². The number of aliphatic hydroxyl groups excluding tert-OH is 1. The molecule has 24 heavy (non-hydrogen) atoms. The van der Waals surface area contributed by atoms with Crippen LogP contribution in [0.1, 0.15) is 25.7 Å². The van der Waals surface area contributed by atoms with Gasteiger partial charge in [0, 0.05) is 26.2 Å². The molecule has 3 rings (SSSR count). The summed E-state index contributed by atoms with van der Waals surface area (Å²) >= 11 is 0. The van der Waals surface area contributed by atoms with Gasteiger partial charge >= 0.3 is 0 Å². The number of aliphatic hydroxyl groups is 1. The second-order valence-electron chi connectivity index (χ2n) is 6.74. The van der Waals surface area contributed by atoms with Crippen LogP contribution in [0.2, 0.25) is 0 Å². The van der Waals surface area contributed by atoms with Crippen LogP contribution in [0.5, 0.6) is 0 Å². The molecule has 7 heteroatoms. The molecular weight excluding hydrogens is 328 g/mol. The van der Waals surface area contributed by atoms with Gasteiger partial charge < -0.3 is 10.0 Å². The zero-order valence-corrected chi connectivity index (χ0v) is 14.7. The predicted molar refractivity (Wildman–Crippen MR) is 89.7 cm³/mol. The Balaban J connectivity index is 1.69. The predicted octanol–water partition coefficient (Wildman–Crippen LogP) is 1.07. The molecule has 6 nitrogen and oxygen atoms in total. The summed E-state index contributed by atoms with van der Waals surface area (Å²) in [6.45, 7) is 0.683. The summed E-state index contributed by atoms with van der Waals surface area (Å²) in [6.07, 6.45) is 2.30. The fourth-order valence-electron chi connectivity index (χ4n) is 3.45. The van der Waals surface area contributed by atoms with Crippen LogP contribution in [0.4, 0.5) is 0 Å². The largest absolute Gasteiger partial charge is 0.393 e. The zero-order valence-electron chi connectivity index (χ0n) is 13.8. The van der Waals surface area contributed by atoms with E-state index in [2.05, 4.69) is 0 Å². The maximum absolute atomic E-state index is 12.7. The number of sulfonamides is 1. The molecule has 0 spiro atoms. The van der Waals surface area contributed by atoms with Crippen LogP contribution in [-0.2, 0) is 14.8 Å². The Morgan fingerprint density at radius 3 is 2.54 bits per heavy atom. The molecule has 2 fully saturated rings. The molecule has 1 aromatic rings. The Morgan fingerprint density at radius 2 is 1.92 bits per heavy atom. The summed E-state index contributed by atoms with van der Waals surface area (Å²) < 4.78 is 26.9. The number of amides is 1. The van der Waals surface area contributed by atoms with E-state index < -0.39 is 10.0 Å². The first-order valence-corrected chi connectivity index (χ1v) is 9.83. The van der Waals surface area contributed by atoms with Gasteiger partial charge in [-0.05, 0) is 37.8 Å². The van der Waals surface area contributed by atoms with Crippen molar-refractivity contribution in [1.29, 1.82) is 0 Å². The highest BCUT2D eigenvalue weighted by Gasteiger charge is 2.38. The summed E-state index contributed by atoms with van der Waals surface area (Å²) in [5.41, 5.74) is 0. The van der Waals surface area contributed by atoms with Crippen LogP contribution in [0, 0.1) is 5.92 Å². The molecule has 0 aromatic heterocycles. The lowest BCUT2D eigenvalue weighted by Crippen LogP contribution is -2.52. The monoisotopic (exact) mass is 352 g/mol. The average Bonchev–Trinajstić information content (AvgIpc) is 2.58. The van der Waals surface area contributed by atoms with E-state index in [0.717, 1.165) is 0 Å². The SMILES string of the molecule is CN(C(=O)[C@H]1CCCN(S(=O)(=O)c2ccccc2)C1)C1CC(O)C1. The zero-order chi connectivity index (χ0) is 17.3. The molecule has 0 unspecified atom stereocenters. The van der Waals surface area contributed by atoms with Crippen LogP contribution in [0.15, 0.2) is 35.2 Å². The summed E-state index contributed by atoms with van der Waals surface area (Å²) in [5.74, 6) is -0.320. The van der Waals surface area contributed by atoms with Crippen LogP contribution in [0.25, 0.3) is 0 Å². The molecule has 1 saturated heterocycles. The number of carbonyl (C=O) groups excluding carboxylic acids is 1. The van der Waals surface area contributed by atoms with Gasteiger partial charge in [0.15, 0.2) is 0 Å². The van der Waals surface area contributed by atoms with E-state index in [1.807, 2.05) is 0 Å². The highest BCUT2D eigenvalue weighted by atomic mass is 32.2. The van der Waals surface area contributed by atoms with Crippen molar-refractivity contribution in [2.24, 2.45) is 5.92 Å². The fraction of sp³-hybridized carbons (Fsp3) is 0.588. The maximum atomic E-state index is 12.7. The third kappa shape index (κ3) is 3.34. The Hall–Kier alpha value is -1.44. The fourth-order valence-corrected chi connectivity index (χ4v) is 4.99. The van der Waals surface area contributed by atoms with Crippen molar-refractivity contribution >= 4 is 15.9 Å². The van der Waals surface area contributed by atoms with Crippen molar-refractivity contribution in [1.82, 2.24) is 9.21 Å². The van der Waals surface area contributed by atoms with Crippen LogP contribution in [-0.4, -0.2) is 60.9 Å². The summed E-state index contributed by atoms with van der Waals surface area (Å²) in [5, 5.41) is 9.41. The number of carbonyl (C=O) groups is 1. The molecule has 1 amide bonds. The molecule has 1 N–H and O–H groups in total. The molecule has 2 aliphatic rings. The number of nitrogens with zero attached hydrogens (tertiary/aromatic N) is 2. The van der Waals surface area contributed by atoms with Gasteiger partial charge in [-0.15, -0.1) is 0 Å². The van der Waals surface area contributed by atoms with Gasteiger partial charge in [-0.3, -0.25) is 4.79 Å². The standard InChI is InChI=1S/C17H24N2O4S/c1-18(14-10-15(20)11-14)17(21)13-6-5-9-19(12-13)24(22,23)16-7-3-2-4-8-16/h2-4,7-8,13-15,20H,5-6,9-12H2,1H3/t13-,14?,15?/m0/s1. The Kier molecular flexibility index (Phi) is 4.94. The quantitative estimate of drug-likeness (QED) is 0.879. The van der Waals surface area contributed by atoms with Crippen molar-refractivity contribution < 1.29 is 18.3 Å². The Bertz CT molecular complexity index is 686. The highest BCUT2D eigenvalue weighted by Crippen LogP contribution is 2.29. The van der Waals surface area contributed by atoms with E-state index in [9.17, 15) is 18.3 Å². The van der Waals surface area contributed by atoms with Gasteiger partial charge in [-0.2, -0.15) is 4.31 Å². The van der Waals surface area contributed by atoms with Crippen LogP contribution in [0.3, 0.4) is 0 Å². The average molecular weight is 352 g/mol. The number of hydrogen-bond acceptors (Lipinski definition) is 4. The first kappa shape index (κ1) is 17.4. The van der Waals surface area contributed by atoms with Crippen molar-refractivity contribution in [2.45, 2.75) is 42.7 Å². The van der Waals surface area contributed by atoms with Crippen LogP contribution < -0.4 is 0 Å². The minimum atomic E-state index is -3.55. The molecule has 1 heterocycles. The lowest BCUT2D eigenvalue weighted by molar-refractivity contribution is -0.141. The van der Waals surface area contributed by atoms with Crippen LogP contribution >= 0.6 is 0 Å². The van der Waals surface area contributed by atoms with Gasteiger partial charge in [0.05, 0.1) is 16.9 Å². The minimum absolute atomic E-state index is 0.0140. The third-order valence-corrected chi connectivity index (χ3v) is 6.98. The van der Waals surface area contributed by atoms with E-state index >= 15 is 0 Å². The number of benzene rings is 1. The molecule has 132 valence electrons. The van der Waals surface area contributed by atoms with E-state index in [1.54, 1.807) is 42.3 Å². The number of hydrogen-bond donors (Lipinski definition) is 1. The van der Waals surface area contributed by atoms with Gasteiger partial charge in [0.1, 0.15) is 0 Å². The minimum Gasteiger partial charge on any atom is -0.393 e. The molecule has 0 radical (unpaired) electrons. The topological polar surface area (TPSA) is 77.9 Å². The molecular formula is C17H24N2O4S. The van der Waals surface area contributed by atoms with E-state index in [0.29, 0.717) is 32.2 Å². The first-order valence-electron chi connectivity index (χ1n) is 8.39. The molecule has 1 saturated carbocycles. The molecule has 1 atom stereocenters. The van der Waals surface area contributed by atoms with Gasteiger partial charge in [0.25, 0.3) is 0 Å². The summed E-state index contributed by atoms with van der Waals surface area (Å²) in [7, 11) is -1.80. The van der Waals surface area contributed by atoms with Crippen molar-refractivity contribution in [3.05, 3.63) is 30.3 Å². The molecule has 1 aromatic carbocycles. The van der Waals surface area contributed by atoms with Gasteiger partial charge in [-0.1, -0.05) is 18.2 Å². The first-order chi connectivity index (χ1) is 11.4. The molecule has 1 aliphatic heterocycles. The maximum Gasteiger partial charge on any atom is 0.243 e. The summed E-state index contributed by atoms with van der Waals surface area (Å²) in [4.78, 5) is 14.6. The smallest absolute Gasteiger partial charge is 0.243 e. The molecule has 1 aliphatic carbocycles. The lowest BCUT2D eigenvalue weighted by atomic mass is 9.87. The Morgan fingerprint density at radius 1 is 1.25 bits per heavy atom. The second kappa shape index (κ2) is 6.82. The normalized spacial score (nSPS) is 28.2. The van der Waals surface area contributed by atoms with E-state index in [1.165, 1.54) is 4.31 Å². The lowest BCUT2D eigenvalue weighted by Gasteiger charge is -2.41. The van der Waals surface area contributed by atoms with E-state index in [4.69, 9.17) is 0 Å². The highest BCUT2D eigenvalue weighted by molar-refractivity contribution is 7.89. The number of rotatable bonds is 4. The van der Waals surface area contributed by atoms with Crippen molar-refractivity contribution in [2.75, 3.05) is 20.1 Å². The summed E-state index contributed by atoms with van der Waals surface area (Å²) in [6, 6.07) is 8.44. The second-order valence-corrected chi connectivity index (χ2v) is 8.68. The molecule has 0 bridgehead atoms.